The van der Waals surface area contributed by atoms with E-state index in [1.807, 2.05) is 6.92 Å². The van der Waals surface area contributed by atoms with Gasteiger partial charge in [-0.3, -0.25) is 4.99 Å². The van der Waals surface area contributed by atoms with Crippen LogP contribution >= 0.6 is 24.0 Å². The Kier molecular flexibility index (Phi) is 15.1. The van der Waals surface area contributed by atoms with Gasteiger partial charge in [0.2, 0.25) is 0 Å². The number of aliphatic hydroxyl groups is 1. The van der Waals surface area contributed by atoms with Gasteiger partial charge in [0, 0.05) is 26.2 Å². The summed E-state index contributed by atoms with van der Waals surface area (Å²) in [4.78, 5) is 4.46. The zero-order chi connectivity index (χ0) is 13.1. The zero-order valence-electron chi connectivity index (χ0n) is 12.2. The van der Waals surface area contributed by atoms with Crippen LogP contribution in [-0.4, -0.2) is 37.3 Å². The summed E-state index contributed by atoms with van der Waals surface area (Å²) in [5.74, 6) is 1.78. The maximum atomic E-state index is 8.96. The first-order valence-electron chi connectivity index (χ1n) is 6.80. The summed E-state index contributed by atoms with van der Waals surface area (Å²) in [5, 5.41) is 15.5. The molecule has 0 aromatic carbocycles. The van der Waals surface area contributed by atoms with Crippen LogP contribution in [0.25, 0.3) is 0 Å². The molecule has 0 aliphatic rings. The Bertz CT molecular complexity index is 208. The topological polar surface area (TPSA) is 56.7 Å². The van der Waals surface area contributed by atoms with Crippen LogP contribution in [0.4, 0.5) is 0 Å². The van der Waals surface area contributed by atoms with Crippen molar-refractivity contribution in [2.75, 3.05) is 26.2 Å². The minimum atomic E-state index is 0. The van der Waals surface area contributed by atoms with Gasteiger partial charge in [0.25, 0.3) is 0 Å². The molecule has 0 bridgehead atoms. The molecule has 1 unspecified atom stereocenters. The predicted octanol–water partition coefficient (Wildman–Crippen LogP) is 2.22. The fourth-order valence-electron chi connectivity index (χ4n) is 1.46. The lowest BCUT2D eigenvalue weighted by Gasteiger charge is -2.17. The second-order valence-corrected chi connectivity index (χ2v) is 4.57. The number of halogens is 1. The molecule has 0 aliphatic heterocycles. The van der Waals surface area contributed by atoms with Crippen molar-refractivity contribution in [3.05, 3.63) is 0 Å². The molecule has 0 radical (unpaired) electrons. The van der Waals surface area contributed by atoms with E-state index in [9.17, 15) is 0 Å². The quantitative estimate of drug-likeness (QED) is 0.348. The molecule has 0 aliphatic carbocycles. The molecule has 4 nitrogen and oxygen atoms in total. The van der Waals surface area contributed by atoms with Gasteiger partial charge in [0.1, 0.15) is 0 Å². The van der Waals surface area contributed by atoms with Crippen LogP contribution in [0.2, 0.25) is 0 Å². The summed E-state index contributed by atoms with van der Waals surface area (Å²) >= 11 is 0. The van der Waals surface area contributed by atoms with Gasteiger partial charge >= 0.3 is 0 Å². The number of guanidine groups is 1. The lowest BCUT2D eigenvalue weighted by atomic mass is 10.0. The minimum absolute atomic E-state index is 0. The van der Waals surface area contributed by atoms with Crippen molar-refractivity contribution in [3.63, 3.8) is 0 Å². The van der Waals surface area contributed by atoms with Crippen molar-refractivity contribution in [1.29, 1.82) is 0 Å². The molecule has 0 heterocycles. The van der Waals surface area contributed by atoms with Gasteiger partial charge in [0.15, 0.2) is 5.96 Å². The molecule has 0 aromatic rings. The van der Waals surface area contributed by atoms with Crippen molar-refractivity contribution >= 4 is 29.9 Å². The SMILES string of the molecule is CCNC(=NCC(C)CO)NCC(CC)CC.I. The summed E-state index contributed by atoms with van der Waals surface area (Å²) in [6.07, 6.45) is 2.38. The molecular weight excluding hydrogens is 341 g/mol. The number of rotatable bonds is 8. The Morgan fingerprint density at radius 1 is 1.17 bits per heavy atom. The summed E-state index contributed by atoms with van der Waals surface area (Å²) in [7, 11) is 0. The third kappa shape index (κ3) is 9.94. The maximum absolute atomic E-state index is 8.96. The average Bonchev–Trinajstić information content (AvgIpc) is 2.36. The number of hydrogen-bond acceptors (Lipinski definition) is 2. The van der Waals surface area contributed by atoms with E-state index in [4.69, 9.17) is 5.11 Å². The van der Waals surface area contributed by atoms with E-state index < -0.39 is 0 Å². The average molecular weight is 371 g/mol. The molecule has 0 amide bonds. The van der Waals surface area contributed by atoms with Gasteiger partial charge in [-0.1, -0.05) is 33.6 Å². The second-order valence-electron chi connectivity index (χ2n) is 4.57. The highest BCUT2D eigenvalue weighted by Gasteiger charge is 2.05. The Morgan fingerprint density at radius 2 is 1.78 bits per heavy atom. The largest absolute Gasteiger partial charge is 0.396 e. The number of aliphatic hydroxyl groups excluding tert-OH is 1. The van der Waals surface area contributed by atoms with Crippen molar-refractivity contribution in [2.45, 2.75) is 40.5 Å². The molecule has 3 N–H and O–H groups in total. The summed E-state index contributed by atoms with van der Waals surface area (Å²) < 4.78 is 0. The van der Waals surface area contributed by atoms with Crippen LogP contribution in [0.15, 0.2) is 4.99 Å². The summed E-state index contributed by atoms with van der Waals surface area (Å²) in [6.45, 7) is 11.2. The first kappa shape index (κ1) is 20.3. The van der Waals surface area contributed by atoms with Crippen LogP contribution < -0.4 is 10.6 Å². The third-order valence-electron chi connectivity index (χ3n) is 2.93. The lowest BCUT2D eigenvalue weighted by molar-refractivity contribution is 0.241. The standard InChI is InChI=1S/C13H29N3O.HI/c1-5-12(6-2)9-16-13(14-7-3)15-8-11(4)10-17;/h11-12,17H,5-10H2,1-4H3,(H2,14,15,16);1H. The van der Waals surface area contributed by atoms with E-state index in [2.05, 4.69) is 36.4 Å². The fourth-order valence-corrected chi connectivity index (χ4v) is 1.46. The number of nitrogens with one attached hydrogen (secondary N) is 2. The van der Waals surface area contributed by atoms with Crippen molar-refractivity contribution < 1.29 is 5.11 Å². The van der Waals surface area contributed by atoms with Crippen LogP contribution in [0, 0.1) is 11.8 Å². The highest BCUT2D eigenvalue weighted by atomic mass is 127. The van der Waals surface area contributed by atoms with Gasteiger partial charge in [-0.05, 0) is 18.8 Å². The van der Waals surface area contributed by atoms with Gasteiger partial charge in [-0.25, -0.2) is 0 Å². The molecule has 0 fully saturated rings. The molecule has 0 spiro atoms. The fraction of sp³-hybridized carbons (Fsp3) is 0.923. The Labute approximate surface area is 129 Å². The second kappa shape index (κ2) is 13.4. The van der Waals surface area contributed by atoms with Crippen LogP contribution in [0.3, 0.4) is 0 Å². The molecule has 1 atom stereocenters. The van der Waals surface area contributed by atoms with Crippen LogP contribution in [0.1, 0.15) is 40.5 Å². The molecule has 0 rings (SSSR count). The molecule has 18 heavy (non-hydrogen) atoms. The van der Waals surface area contributed by atoms with Crippen molar-refractivity contribution in [1.82, 2.24) is 10.6 Å². The third-order valence-corrected chi connectivity index (χ3v) is 2.93. The van der Waals surface area contributed by atoms with Gasteiger partial charge < -0.3 is 15.7 Å². The van der Waals surface area contributed by atoms with E-state index in [1.54, 1.807) is 0 Å². The first-order chi connectivity index (χ1) is 8.17. The maximum Gasteiger partial charge on any atom is 0.191 e. The highest BCUT2D eigenvalue weighted by molar-refractivity contribution is 14.0. The van der Waals surface area contributed by atoms with E-state index in [0.717, 1.165) is 19.0 Å². The molecule has 0 saturated heterocycles. The predicted molar refractivity (Wildman–Crippen MR) is 89.7 cm³/mol. The van der Waals surface area contributed by atoms with E-state index >= 15 is 0 Å². The molecular formula is C13H30IN3O. The van der Waals surface area contributed by atoms with Crippen molar-refractivity contribution in [2.24, 2.45) is 16.8 Å². The van der Waals surface area contributed by atoms with Crippen LogP contribution in [-0.2, 0) is 0 Å². The Morgan fingerprint density at radius 3 is 2.22 bits per heavy atom. The monoisotopic (exact) mass is 371 g/mol. The molecule has 0 aromatic heterocycles. The lowest BCUT2D eigenvalue weighted by Crippen LogP contribution is -2.40. The van der Waals surface area contributed by atoms with Gasteiger partial charge in [0.05, 0.1) is 0 Å². The normalized spacial score (nSPS) is 13.1. The Hall–Kier alpha value is -0.0400. The number of nitrogens with zero attached hydrogens (tertiary/aromatic N) is 1. The van der Waals surface area contributed by atoms with E-state index in [1.165, 1.54) is 12.8 Å². The highest BCUT2D eigenvalue weighted by Crippen LogP contribution is 2.04. The molecule has 0 saturated carbocycles. The zero-order valence-corrected chi connectivity index (χ0v) is 14.5. The first-order valence-corrected chi connectivity index (χ1v) is 6.80. The Balaban J connectivity index is 0. The molecule has 5 heteroatoms. The van der Waals surface area contributed by atoms with Crippen molar-refractivity contribution in [3.8, 4) is 0 Å². The minimum Gasteiger partial charge on any atom is -0.396 e. The van der Waals surface area contributed by atoms with E-state index in [0.29, 0.717) is 12.5 Å². The number of hydrogen-bond donors (Lipinski definition) is 3. The molecule has 110 valence electrons. The smallest absolute Gasteiger partial charge is 0.191 e. The van der Waals surface area contributed by atoms with Crippen LogP contribution in [0.5, 0.6) is 0 Å². The number of aliphatic imine (C=N–C) groups is 1. The van der Waals surface area contributed by atoms with E-state index in [-0.39, 0.29) is 36.5 Å². The van der Waals surface area contributed by atoms with Gasteiger partial charge in [-0.15, -0.1) is 24.0 Å². The summed E-state index contributed by atoms with van der Waals surface area (Å²) in [6, 6.07) is 0. The van der Waals surface area contributed by atoms with Gasteiger partial charge in [-0.2, -0.15) is 0 Å². The summed E-state index contributed by atoms with van der Waals surface area (Å²) in [5.41, 5.74) is 0.